The van der Waals surface area contributed by atoms with Gasteiger partial charge in [0.15, 0.2) is 0 Å². The standard InChI is InChI=1S/C19H29FO/c1-18-10-3-2-4-13(18)5-6-14-15(18)9-11-19(12-20)16(14)7-8-17(19)21/h13-16H,2-12H2,1H3/t13?,14-,15+,16+,18+,19-/m1/s1. The molecule has 0 N–H and O–H groups in total. The van der Waals surface area contributed by atoms with Crippen LogP contribution in [0, 0.1) is 34.5 Å². The van der Waals surface area contributed by atoms with Crippen LogP contribution in [0.5, 0.6) is 0 Å². The molecule has 6 atom stereocenters. The van der Waals surface area contributed by atoms with Crippen molar-refractivity contribution < 1.29 is 9.18 Å². The van der Waals surface area contributed by atoms with Crippen molar-refractivity contribution in [1.29, 1.82) is 0 Å². The van der Waals surface area contributed by atoms with Crippen LogP contribution in [0.1, 0.15) is 71.1 Å². The first-order valence-electron chi connectivity index (χ1n) is 9.21. The number of ketones is 1. The molecule has 0 aliphatic heterocycles. The summed E-state index contributed by atoms with van der Waals surface area (Å²) in [5.74, 6) is 2.94. The number of halogens is 1. The Bertz CT molecular complexity index is 447. The van der Waals surface area contributed by atoms with Gasteiger partial charge in [0.05, 0.1) is 5.41 Å². The predicted octanol–water partition coefficient (Wildman–Crippen LogP) is 4.94. The lowest BCUT2D eigenvalue weighted by Crippen LogP contribution is -2.54. The normalized spacial score (nSPS) is 53.0. The molecular weight excluding hydrogens is 263 g/mol. The van der Waals surface area contributed by atoms with Crippen molar-refractivity contribution in [2.45, 2.75) is 71.1 Å². The van der Waals surface area contributed by atoms with Gasteiger partial charge in [-0.15, -0.1) is 0 Å². The molecule has 0 aromatic carbocycles. The quantitative estimate of drug-likeness (QED) is 0.669. The SMILES string of the molecule is C[C@]12CCCCC1CC[C@H]1[C@@H]3CCC(=O)[C@@]3(CF)CC[C@@H]12. The maximum absolute atomic E-state index is 13.8. The van der Waals surface area contributed by atoms with Crippen molar-refractivity contribution in [1.82, 2.24) is 0 Å². The van der Waals surface area contributed by atoms with E-state index in [2.05, 4.69) is 6.92 Å². The molecule has 0 heterocycles. The molecule has 4 aliphatic carbocycles. The molecule has 4 rings (SSSR count). The molecule has 2 heteroatoms. The van der Waals surface area contributed by atoms with E-state index in [0.717, 1.165) is 31.1 Å². The van der Waals surface area contributed by atoms with Gasteiger partial charge >= 0.3 is 0 Å². The number of hydrogen-bond acceptors (Lipinski definition) is 1. The van der Waals surface area contributed by atoms with E-state index in [1.54, 1.807) is 0 Å². The van der Waals surface area contributed by atoms with Crippen molar-refractivity contribution >= 4 is 5.78 Å². The molecule has 0 amide bonds. The van der Waals surface area contributed by atoms with Gasteiger partial charge in [0.25, 0.3) is 0 Å². The lowest BCUT2D eigenvalue weighted by atomic mass is 9.45. The fourth-order valence-corrected chi connectivity index (χ4v) is 7.12. The molecule has 118 valence electrons. The van der Waals surface area contributed by atoms with Gasteiger partial charge in [0.1, 0.15) is 12.5 Å². The summed E-state index contributed by atoms with van der Waals surface area (Å²) in [4.78, 5) is 12.4. The molecule has 0 aromatic heterocycles. The van der Waals surface area contributed by atoms with Gasteiger partial charge in [-0.2, -0.15) is 0 Å². The number of rotatable bonds is 1. The molecule has 0 bridgehead atoms. The van der Waals surface area contributed by atoms with Crippen molar-refractivity contribution in [3.63, 3.8) is 0 Å². The third kappa shape index (κ3) is 1.77. The summed E-state index contributed by atoms with van der Waals surface area (Å²) in [6, 6.07) is 0. The van der Waals surface area contributed by atoms with E-state index in [1.165, 1.54) is 38.5 Å². The summed E-state index contributed by atoms with van der Waals surface area (Å²) in [5.41, 5.74) is -0.0612. The topological polar surface area (TPSA) is 17.1 Å². The lowest BCUT2D eigenvalue weighted by Gasteiger charge is -2.59. The Balaban J connectivity index is 1.66. The van der Waals surface area contributed by atoms with Gasteiger partial charge in [0, 0.05) is 6.42 Å². The Morgan fingerprint density at radius 3 is 2.71 bits per heavy atom. The van der Waals surface area contributed by atoms with Gasteiger partial charge in [-0.1, -0.05) is 19.8 Å². The minimum absolute atomic E-state index is 0.254. The highest BCUT2D eigenvalue weighted by Gasteiger charge is 2.61. The smallest absolute Gasteiger partial charge is 0.141 e. The van der Waals surface area contributed by atoms with E-state index in [9.17, 15) is 9.18 Å². The van der Waals surface area contributed by atoms with Crippen LogP contribution in [0.15, 0.2) is 0 Å². The van der Waals surface area contributed by atoms with Crippen LogP contribution < -0.4 is 0 Å². The predicted molar refractivity (Wildman–Crippen MR) is 81.7 cm³/mol. The highest BCUT2D eigenvalue weighted by atomic mass is 19.1. The van der Waals surface area contributed by atoms with Crippen LogP contribution in [0.4, 0.5) is 4.39 Å². The molecular formula is C19H29FO. The van der Waals surface area contributed by atoms with Gasteiger partial charge in [-0.25, -0.2) is 4.39 Å². The maximum atomic E-state index is 13.8. The van der Waals surface area contributed by atoms with E-state index in [1.807, 2.05) is 0 Å². The zero-order valence-electron chi connectivity index (χ0n) is 13.4. The van der Waals surface area contributed by atoms with Crippen LogP contribution in [-0.2, 0) is 4.79 Å². The number of hydrogen-bond donors (Lipinski definition) is 0. The second kappa shape index (κ2) is 4.80. The highest BCUT2D eigenvalue weighted by Crippen LogP contribution is 2.65. The number of Topliss-reactive ketones (excluding diaryl/α,β-unsaturated/α-hetero) is 1. The largest absolute Gasteiger partial charge is 0.299 e. The molecule has 0 radical (unpaired) electrons. The molecule has 4 saturated carbocycles. The highest BCUT2D eigenvalue weighted by molar-refractivity contribution is 5.87. The molecule has 0 aromatic rings. The Labute approximate surface area is 128 Å². The fourth-order valence-electron chi connectivity index (χ4n) is 7.12. The maximum Gasteiger partial charge on any atom is 0.141 e. The van der Waals surface area contributed by atoms with Crippen LogP contribution in [0.2, 0.25) is 0 Å². The van der Waals surface area contributed by atoms with Gasteiger partial charge in [-0.3, -0.25) is 4.79 Å². The van der Waals surface area contributed by atoms with Crippen molar-refractivity contribution in [2.24, 2.45) is 34.5 Å². The summed E-state index contributed by atoms with van der Waals surface area (Å²) in [6.45, 7) is 2.15. The van der Waals surface area contributed by atoms with Gasteiger partial charge in [-0.05, 0) is 74.0 Å². The fraction of sp³-hybridized carbons (Fsp3) is 0.947. The first kappa shape index (κ1) is 14.2. The summed E-state index contributed by atoms with van der Waals surface area (Å²) < 4.78 is 13.8. The Morgan fingerprint density at radius 2 is 1.90 bits per heavy atom. The zero-order valence-corrected chi connectivity index (χ0v) is 13.4. The zero-order chi connectivity index (χ0) is 14.7. The number of fused-ring (bicyclic) bond motifs is 5. The third-order valence-corrected chi connectivity index (χ3v) is 8.27. The van der Waals surface area contributed by atoms with Crippen LogP contribution in [0.3, 0.4) is 0 Å². The Morgan fingerprint density at radius 1 is 1.05 bits per heavy atom. The van der Waals surface area contributed by atoms with Crippen molar-refractivity contribution in [3.05, 3.63) is 0 Å². The lowest BCUT2D eigenvalue weighted by molar-refractivity contribution is -0.143. The van der Waals surface area contributed by atoms with Gasteiger partial charge < -0.3 is 0 Å². The number of alkyl halides is 1. The minimum Gasteiger partial charge on any atom is -0.299 e. The average molecular weight is 292 g/mol. The van der Waals surface area contributed by atoms with E-state index < -0.39 is 5.41 Å². The van der Waals surface area contributed by atoms with E-state index in [4.69, 9.17) is 0 Å². The molecule has 0 spiro atoms. The van der Waals surface area contributed by atoms with E-state index in [0.29, 0.717) is 23.7 Å². The third-order valence-electron chi connectivity index (χ3n) is 8.27. The molecule has 4 aliphatic rings. The number of carbonyl (C=O) groups is 1. The molecule has 4 fully saturated rings. The van der Waals surface area contributed by atoms with Crippen molar-refractivity contribution in [3.8, 4) is 0 Å². The van der Waals surface area contributed by atoms with E-state index >= 15 is 0 Å². The second-order valence-corrected chi connectivity index (χ2v) is 8.69. The minimum atomic E-state index is -0.557. The summed E-state index contributed by atoms with van der Waals surface area (Å²) >= 11 is 0. The van der Waals surface area contributed by atoms with Crippen molar-refractivity contribution in [2.75, 3.05) is 6.67 Å². The summed E-state index contributed by atoms with van der Waals surface area (Å²) in [7, 11) is 0. The first-order valence-corrected chi connectivity index (χ1v) is 9.21. The summed E-state index contributed by atoms with van der Waals surface area (Å²) in [5, 5.41) is 0. The molecule has 21 heavy (non-hydrogen) atoms. The average Bonchev–Trinajstić information content (AvgIpc) is 2.84. The number of carbonyl (C=O) groups excluding carboxylic acids is 1. The van der Waals surface area contributed by atoms with Crippen LogP contribution in [0.25, 0.3) is 0 Å². The van der Waals surface area contributed by atoms with Crippen LogP contribution in [-0.4, -0.2) is 12.5 Å². The second-order valence-electron chi connectivity index (χ2n) is 8.69. The van der Waals surface area contributed by atoms with Gasteiger partial charge in [0.2, 0.25) is 0 Å². The molecule has 1 unspecified atom stereocenters. The first-order chi connectivity index (χ1) is 10.1. The van der Waals surface area contributed by atoms with E-state index in [-0.39, 0.29) is 12.5 Å². The Kier molecular flexibility index (Phi) is 3.25. The monoisotopic (exact) mass is 292 g/mol. The summed E-state index contributed by atoms with van der Waals surface area (Å²) in [6.07, 6.45) is 11.8. The molecule has 1 nitrogen and oxygen atoms in total. The van der Waals surface area contributed by atoms with Crippen LogP contribution >= 0.6 is 0 Å². The Hall–Kier alpha value is -0.400. The molecule has 0 saturated heterocycles.